The van der Waals surface area contributed by atoms with Gasteiger partial charge < -0.3 is 5.41 Å². The molecule has 0 bridgehead atoms. The van der Waals surface area contributed by atoms with Gasteiger partial charge in [0, 0.05) is 11.3 Å². The van der Waals surface area contributed by atoms with Crippen molar-refractivity contribution >= 4 is 23.3 Å². The predicted molar refractivity (Wildman–Crippen MR) is 80.1 cm³/mol. The van der Waals surface area contributed by atoms with E-state index in [0.717, 1.165) is 17.3 Å². The van der Waals surface area contributed by atoms with Crippen LogP contribution in [0.4, 0.5) is 0 Å². The molecule has 2 N–H and O–H groups in total. The first-order valence-corrected chi connectivity index (χ1v) is 7.18. The molecule has 1 aromatic carbocycles. The summed E-state index contributed by atoms with van der Waals surface area (Å²) in [5.74, 6) is -0.586. The summed E-state index contributed by atoms with van der Waals surface area (Å²) in [6.45, 7) is 1.46. The maximum atomic E-state index is 11.8. The van der Waals surface area contributed by atoms with Crippen molar-refractivity contribution in [3.63, 3.8) is 0 Å². The molecule has 2 aromatic rings. The van der Waals surface area contributed by atoms with Gasteiger partial charge in [-0.05, 0) is 6.92 Å². The Labute approximate surface area is 126 Å². The van der Waals surface area contributed by atoms with E-state index in [4.69, 9.17) is 10.7 Å². The fraction of sp³-hybridized carbons (Fsp3) is 0.214. The summed E-state index contributed by atoms with van der Waals surface area (Å²) in [5.41, 5.74) is 0.969. The minimum atomic E-state index is -0.981. The SMILES string of the molecule is CC(=N)C(C#N)C(=O)CSc1n[nH]c(-c2ccccc2)n1. The fourth-order valence-corrected chi connectivity index (χ4v) is 2.37. The summed E-state index contributed by atoms with van der Waals surface area (Å²) < 4.78 is 0. The number of nitrogens with zero attached hydrogens (tertiary/aromatic N) is 3. The predicted octanol–water partition coefficient (Wildman–Crippen LogP) is 2.31. The van der Waals surface area contributed by atoms with E-state index in [9.17, 15) is 4.79 Å². The Bertz CT molecular complexity index is 689. The van der Waals surface area contributed by atoms with E-state index in [1.54, 1.807) is 0 Å². The largest absolute Gasteiger partial charge is 0.308 e. The Morgan fingerprint density at radius 1 is 1.48 bits per heavy atom. The number of Topliss-reactive ketones (excluding diaryl/α,β-unsaturated/α-hetero) is 1. The van der Waals surface area contributed by atoms with Gasteiger partial charge in [0.2, 0.25) is 5.16 Å². The molecule has 1 unspecified atom stereocenters. The molecule has 0 aliphatic rings. The lowest BCUT2D eigenvalue weighted by Crippen LogP contribution is -2.21. The van der Waals surface area contributed by atoms with Crippen LogP contribution < -0.4 is 0 Å². The number of benzene rings is 1. The summed E-state index contributed by atoms with van der Waals surface area (Å²) in [5, 5.41) is 23.5. The number of aromatic nitrogens is 3. The Balaban J connectivity index is 1.99. The zero-order chi connectivity index (χ0) is 15.2. The van der Waals surface area contributed by atoms with Crippen LogP contribution >= 0.6 is 11.8 Å². The Morgan fingerprint density at radius 2 is 2.19 bits per heavy atom. The minimum absolute atomic E-state index is 0.0584. The molecule has 1 aromatic heterocycles. The first kappa shape index (κ1) is 14.9. The van der Waals surface area contributed by atoms with Crippen molar-refractivity contribution in [3.05, 3.63) is 30.3 Å². The molecule has 2 rings (SSSR count). The van der Waals surface area contributed by atoms with E-state index in [1.807, 2.05) is 36.4 Å². The molecule has 1 atom stereocenters. The van der Waals surface area contributed by atoms with Crippen LogP contribution in [0, 0.1) is 22.7 Å². The first-order chi connectivity index (χ1) is 10.1. The van der Waals surface area contributed by atoms with E-state index >= 15 is 0 Å². The number of ketones is 1. The lowest BCUT2D eigenvalue weighted by Gasteiger charge is -2.03. The third-order valence-corrected chi connectivity index (χ3v) is 3.61. The van der Waals surface area contributed by atoms with Crippen LogP contribution in [-0.4, -0.2) is 32.4 Å². The molecular weight excluding hydrogens is 286 g/mol. The number of nitrogens with one attached hydrogen (secondary N) is 2. The van der Waals surface area contributed by atoms with Gasteiger partial charge in [-0.15, -0.1) is 5.10 Å². The van der Waals surface area contributed by atoms with Gasteiger partial charge in [-0.3, -0.25) is 9.89 Å². The van der Waals surface area contributed by atoms with Crippen molar-refractivity contribution in [1.82, 2.24) is 15.2 Å². The molecule has 0 amide bonds. The highest BCUT2D eigenvalue weighted by molar-refractivity contribution is 7.99. The third-order valence-electron chi connectivity index (χ3n) is 2.74. The molecule has 0 spiro atoms. The number of H-pyrrole nitrogens is 1. The lowest BCUT2D eigenvalue weighted by molar-refractivity contribution is -0.117. The standard InChI is InChI=1S/C14H13N5OS/c1-9(16)11(7-15)12(20)8-21-14-17-13(18-19-14)10-5-3-2-4-6-10/h2-6,11,16H,8H2,1H3,(H,17,18,19). The molecule has 0 aliphatic carbocycles. The zero-order valence-corrected chi connectivity index (χ0v) is 12.1. The highest BCUT2D eigenvalue weighted by atomic mass is 32.2. The average Bonchev–Trinajstić information content (AvgIpc) is 2.95. The van der Waals surface area contributed by atoms with E-state index in [0.29, 0.717) is 11.0 Å². The van der Waals surface area contributed by atoms with Crippen molar-refractivity contribution in [2.24, 2.45) is 5.92 Å². The van der Waals surface area contributed by atoms with Crippen LogP contribution in [0.5, 0.6) is 0 Å². The van der Waals surface area contributed by atoms with E-state index in [1.165, 1.54) is 6.92 Å². The van der Waals surface area contributed by atoms with E-state index in [-0.39, 0.29) is 17.2 Å². The van der Waals surface area contributed by atoms with Crippen LogP contribution in [0.2, 0.25) is 0 Å². The molecule has 7 heteroatoms. The molecule has 0 fully saturated rings. The van der Waals surface area contributed by atoms with Crippen molar-refractivity contribution in [2.45, 2.75) is 12.1 Å². The quantitative estimate of drug-likeness (QED) is 0.629. The van der Waals surface area contributed by atoms with Crippen LogP contribution in [0.25, 0.3) is 11.4 Å². The number of rotatable bonds is 6. The Hall–Kier alpha value is -2.46. The molecule has 21 heavy (non-hydrogen) atoms. The Kier molecular flexibility index (Phi) is 4.85. The molecule has 0 radical (unpaired) electrons. The first-order valence-electron chi connectivity index (χ1n) is 6.20. The molecular formula is C14H13N5OS. The second-order valence-electron chi connectivity index (χ2n) is 4.33. The summed E-state index contributed by atoms with van der Waals surface area (Å²) in [6.07, 6.45) is 0. The van der Waals surface area contributed by atoms with Gasteiger partial charge in [-0.2, -0.15) is 5.26 Å². The van der Waals surface area contributed by atoms with E-state index in [2.05, 4.69) is 15.2 Å². The smallest absolute Gasteiger partial charge is 0.209 e. The maximum absolute atomic E-state index is 11.8. The van der Waals surface area contributed by atoms with Gasteiger partial charge in [0.15, 0.2) is 11.6 Å². The molecule has 1 heterocycles. The van der Waals surface area contributed by atoms with Crippen LogP contribution in [0.1, 0.15) is 6.92 Å². The molecule has 106 valence electrons. The summed E-state index contributed by atoms with van der Waals surface area (Å²) >= 11 is 1.15. The van der Waals surface area contributed by atoms with E-state index < -0.39 is 5.92 Å². The summed E-state index contributed by atoms with van der Waals surface area (Å²) in [4.78, 5) is 16.1. The molecule has 0 aliphatic heterocycles. The monoisotopic (exact) mass is 299 g/mol. The number of nitriles is 1. The summed E-state index contributed by atoms with van der Waals surface area (Å²) in [7, 11) is 0. The van der Waals surface area contributed by atoms with Gasteiger partial charge in [-0.25, -0.2) is 4.98 Å². The van der Waals surface area contributed by atoms with Crippen molar-refractivity contribution in [2.75, 3.05) is 5.75 Å². The molecule has 6 nitrogen and oxygen atoms in total. The number of thioether (sulfide) groups is 1. The summed E-state index contributed by atoms with van der Waals surface area (Å²) in [6, 6.07) is 11.4. The number of aromatic amines is 1. The number of hydrogen-bond donors (Lipinski definition) is 2. The second kappa shape index (κ2) is 6.81. The molecule has 0 saturated carbocycles. The zero-order valence-electron chi connectivity index (χ0n) is 11.3. The number of hydrogen-bond acceptors (Lipinski definition) is 6. The normalized spacial score (nSPS) is 11.6. The minimum Gasteiger partial charge on any atom is -0.308 e. The number of carbonyl (C=O) groups excluding carboxylic acids is 1. The van der Waals surface area contributed by atoms with Crippen LogP contribution in [0.15, 0.2) is 35.5 Å². The fourth-order valence-electron chi connectivity index (χ4n) is 1.67. The van der Waals surface area contributed by atoms with Crippen molar-refractivity contribution in [1.29, 1.82) is 10.7 Å². The second-order valence-corrected chi connectivity index (χ2v) is 5.28. The van der Waals surface area contributed by atoms with Gasteiger partial charge in [0.05, 0.1) is 11.8 Å². The molecule has 0 saturated heterocycles. The van der Waals surface area contributed by atoms with Crippen LogP contribution in [-0.2, 0) is 4.79 Å². The number of carbonyl (C=O) groups is 1. The van der Waals surface area contributed by atoms with Crippen LogP contribution in [0.3, 0.4) is 0 Å². The van der Waals surface area contributed by atoms with Gasteiger partial charge >= 0.3 is 0 Å². The average molecular weight is 299 g/mol. The highest BCUT2D eigenvalue weighted by Gasteiger charge is 2.20. The van der Waals surface area contributed by atoms with Crippen molar-refractivity contribution < 1.29 is 4.79 Å². The Morgan fingerprint density at radius 3 is 2.81 bits per heavy atom. The van der Waals surface area contributed by atoms with Gasteiger partial charge in [0.25, 0.3) is 0 Å². The topological polar surface area (TPSA) is 106 Å². The lowest BCUT2D eigenvalue weighted by atomic mass is 10.0. The van der Waals surface area contributed by atoms with Gasteiger partial charge in [0.1, 0.15) is 5.92 Å². The van der Waals surface area contributed by atoms with Crippen molar-refractivity contribution in [3.8, 4) is 17.5 Å². The van der Waals surface area contributed by atoms with Gasteiger partial charge in [-0.1, -0.05) is 42.1 Å². The maximum Gasteiger partial charge on any atom is 0.209 e. The third kappa shape index (κ3) is 3.77. The highest BCUT2D eigenvalue weighted by Crippen LogP contribution is 2.19.